The number of aliphatic hydroxyl groups is 1. The van der Waals surface area contributed by atoms with E-state index in [1.165, 1.54) is 6.07 Å². The van der Waals surface area contributed by atoms with Gasteiger partial charge in [-0.25, -0.2) is 4.39 Å². The number of nitrogens with one attached hydrogen (secondary N) is 1. The van der Waals surface area contributed by atoms with Gasteiger partial charge in [-0.3, -0.25) is 4.79 Å². The Kier molecular flexibility index (Phi) is 6.26. The number of carbonyl (C=O) groups excluding carboxylic acids is 1. The maximum absolute atomic E-state index is 14.2. The predicted octanol–water partition coefficient (Wildman–Crippen LogP) is 2.87. The second-order valence-electron chi connectivity index (χ2n) is 5.98. The van der Waals surface area contributed by atoms with Gasteiger partial charge in [0.1, 0.15) is 11.9 Å². The molecule has 0 heterocycles. The summed E-state index contributed by atoms with van der Waals surface area (Å²) >= 11 is 1.60. The summed E-state index contributed by atoms with van der Waals surface area (Å²) in [7, 11) is 0. The topological polar surface area (TPSA) is 49.3 Å². The normalized spacial score (nSPS) is 18.1. The standard InChI is InChI=1S/C17H24FNO2S/c1-22-11-8-15(20)16(21)19-12-17(9-4-5-10-17)13-6-2-3-7-14(13)18/h2-3,6-7,15,20H,4-5,8-12H2,1H3,(H,19,21). The van der Waals surface area contributed by atoms with Crippen LogP contribution in [0.5, 0.6) is 0 Å². The first-order valence-electron chi connectivity index (χ1n) is 7.79. The lowest BCUT2D eigenvalue weighted by Crippen LogP contribution is -2.43. The summed E-state index contributed by atoms with van der Waals surface area (Å²) in [4.78, 5) is 12.0. The SMILES string of the molecule is CSCCC(O)C(=O)NCC1(c2ccccc2F)CCCC1. The van der Waals surface area contributed by atoms with Gasteiger partial charge in [0.2, 0.25) is 5.91 Å². The zero-order valence-electron chi connectivity index (χ0n) is 13.0. The summed E-state index contributed by atoms with van der Waals surface area (Å²) in [6.45, 7) is 0.392. The Morgan fingerprint density at radius 3 is 2.73 bits per heavy atom. The Labute approximate surface area is 135 Å². The van der Waals surface area contributed by atoms with Gasteiger partial charge < -0.3 is 10.4 Å². The highest BCUT2D eigenvalue weighted by molar-refractivity contribution is 7.98. The van der Waals surface area contributed by atoms with Crippen molar-refractivity contribution in [2.45, 2.75) is 43.6 Å². The molecule has 1 atom stereocenters. The van der Waals surface area contributed by atoms with Gasteiger partial charge in [-0.2, -0.15) is 11.8 Å². The average molecular weight is 325 g/mol. The molecule has 1 aliphatic rings. The lowest BCUT2D eigenvalue weighted by atomic mass is 9.78. The van der Waals surface area contributed by atoms with E-state index in [0.717, 1.165) is 31.4 Å². The van der Waals surface area contributed by atoms with Crippen LogP contribution in [0.25, 0.3) is 0 Å². The van der Waals surface area contributed by atoms with Gasteiger partial charge in [-0.05, 0) is 42.9 Å². The molecule has 0 bridgehead atoms. The number of hydrogen-bond acceptors (Lipinski definition) is 3. The number of halogens is 1. The number of rotatable bonds is 7. The molecular weight excluding hydrogens is 301 g/mol. The van der Waals surface area contributed by atoms with Crippen molar-refractivity contribution in [2.75, 3.05) is 18.6 Å². The first-order valence-corrected chi connectivity index (χ1v) is 9.18. The Morgan fingerprint density at radius 2 is 2.09 bits per heavy atom. The molecule has 1 aromatic carbocycles. The Hall–Kier alpha value is -1.07. The Bertz CT molecular complexity index is 503. The van der Waals surface area contributed by atoms with Crippen LogP contribution in [0.3, 0.4) is 0 Å². The molecule has 1 fully saturated rings. The largest absolute Gasteiger partial charge is 0.383 e. The molecule has 1 amide bonds. The van der Waals surface area contributed by atoms with E-state index in [2.05, 4.69) is 5.32 Å². The predicted molar refractivity (Wildman–Crippen MR) is 88.6 cm³/mol. The summed E-state index contributed by atoms with van der Waals surface area (Å²) in [6, 6.07) is 6.82. The van der Waals surface area contributed by atoms with Crippen LogP contribution in [0.15, 0.2) is 24.3 Å². The summed E-state index contributed by atoms with van der Waals surface area (Å²) in [5, 5.41) is 12.7. The highest BCUT2D eigenvalue weighted by atomic mass is 32.2. The molecule has 2 rings (SSSR count). The van der Waals surface area contributed by atoms with Crippen molar-refractivity contribution >= 4 is 17.7 Å². The van der Waals surface area contributed by atoms with Crippen molar-refractivity contribution in [1.82, 2.24) is 5.32 Å². The first kappa shape index (κ1) is 17.3. The van der Waals surface area contributed by atoms with E-state index < -0.39 is 6.10 Å². The molecule has 1 saturated carbocycles. The Balaban J connectivity index is 2.04. The van der Waals surface area contributed by atoms with Crippen molar-refractivity contribution in [3.8, 4) is 0 Å². The van der Waals surface area contributed by atoms with Crippen LogP contribution in [-0.2, 0) is 10.2 Å². The second kappa shape index (κ2) is 7.97. The molecule has 0 spiro atoms. The highest BCUT2D eigenvalue weighted by Gasteiger charge is 2.38. The molecule has 0 saturated heterocycles. The number of hydrogen-bond donors (Lipinski definition) is 2. The molecule has 1 aliphatic carbocycles. The summed E-state index contributed by atoms with van der Waals surface area (Å²) < 4.78 is 14.2. The fraction of sp³-hybridized carbons (Fsp3) is 0.588. The van der Waals surface area contributed by atoms with E-state index in [-0.39, 0.29) is 17.1 Å². The minimum atomic E-state index is -0.980. The van der Waals surface area contributed by atoms with Crippen LogP contribution in [0.2, 0.25) is 0 Å². The number of aliphatic hydroxyl groups excluding tert-OH is 1. The number of thioether (sulfide) groups is 1. The second-order valence-corrected chi connectivity index (χ2v) is 6.97. The summed E-state index contributed by atoms with van der Waals surface area (Å²) in [5.74, 6) is 0.186. The van der Waals surface area contributed by atoms with Crippen LogP contribution in [0.4, 0.5) is 4.39 Å². The number of amides is 1. The van der Waals surface area contributed by atoms with Crippen LogP contribution in [-0.4, -0.2) is 35.7 Å². The smallest absolute Gasteiger partial charge is 0.248 e. The molecule has 0 aromatic heterocycles. The average Bonchev–Trinajstić information content (AvgIpc) is 3.00. The van der Waals surface area contributed by atoms with E-state index >= 15 is 0 Å². The van der Waals surface area contributed by atoms with E-state index in [9.17, 15) is 14.3 Å². The molecule has 0 aliphatic heterocycles. The fourth-order valence-corrected chi connectivity index (χ4v) is 3.68. The van der Waals surface area contributed by atoms with E-state index in [1.54, 1.807) is 17.8 Å². The third-order valence-corrected chi connectivity index (χ3v) is 5.15. The minimum Gasteiger partial charge on any atom is -0.383 e. The van der Waals surface area contributed by atoms with E-state index in [1.807, 2.05) is 18.4 Å². The lowest BCUT2D eigenvalue weighted by Gasteiger charge is -2.30. The van der Waals surface area contributed by atoms with Gasteiger partial charge >= 0.3 is 0 Å². The highest BCUT2D eigenvalue weighted by Crippen LogP contribution is 2.41. The van der Waals surface area contributed by atoms with E-state index in [4.69, 9.17) is 0 Å². The number of benzene rings is 1. The molecule has 3 nitrogen and oxygen atoms in total. The van der Waals surface area contributed by atoms with Crippen molar-refractivity contribution in [2.24, 2.45) is 0 Å². The summed E-state index contributed by atoms with van der Waals surface area (Å²) in [5.41, 5.74) is 0.353. The third-order valence-electron chi connectivity index (χ3n) is 4.50. The number of carbonyl (C=O) groups is 1. The van der Waals surface area contributed by atoms with Crippen molar-refractivity contribution in [3.05, 3.63) is 35.6 Å². The van der Waals surface area contributed by atoms with Crippen molar-refractivity contribution in [1.29, 1.82) is 0 Å². The fourth-order valence-electron chi connectivity index (χ4n) is 3.22. The maximum Gasteiger partial charge on any atom is 0.248 e. The van der Waals surface area contributed by atoms with Crippen LogP contribution in [0.1, 0.15) is 37.7 Å². The quantitative estimate of drug-likeness (QED) is 0.810. The zero-order valence-corrected chi connectivity index (χ0v) is 13.8. The van der Waals surface area contributed by atoms with Crippen LogP contribution >= 0.6 is 11.8 Å². The molecule has 1 aromatic rings. The van der Waals surface area contributed by atoms with Gasteiger partial charge in [0.15, 0.2) is 0 Å². The molecule has 2 N–H and O–H groups in total. The molecule has 22 heavy (non-hydrogen) atoms. The minimum absolute atomic E-state index is 0.207. The third kappa shape index (κ3) is 4.02. The van der Waals surface area contributed by atoms with Gasteiger partial charge in [-0.1, -0.05) is 31.0 Å². The molecule has 1 unspecified atom stereocenters. The maximum atomic E-state index is 14.2. The van der Waals surface area contributed by atoms with E-state index in [0.29, 0.717) is 18.5 Å². The molecule has 5 heteroatoms. The van der Waals surface area contributed by atoms with Gasteiger partial charge in [0.05, 0.1) is 0 Å². The van der Waals surface area contributed by atoms with Gasteiger partial charge in [0, 0.05) is 12.0 Å². The van der Waals surface area contributed by atoms with Crippen molar-refractivity contribution < 1.29 is 14.3 Å². The lowest BCUT2D eigenvalue weighted by molar-refractivity contribution is -0.129. The monoisotopic (exact) mass is 325 g/mol. The zero-order chi connectivity index (χ0) is 16.0. The van der Waals surface area contributed by atoms with Crippen LogP contribution in [0, 0.1) is 5.82 Å². The molecule has 0 radical (unpaired) electrons. The van der Waals surface area contributed by atoms with Gasteiger partial charge in [0.25, 0.3) is 0 Å². The first-order chi connectivity index (χ1) is 10.6. The molecular formula is C17H24FNO2S. The summed E-state index contributed by atoms with van der Waals surface area (Å²) in [6.07, 6.45) is 5.23. The van der Waals surface area contributed by atoms with Gasteiger partial charge in [-0.15, -0.1) is 0 Å². The van der Waals surface area contributed by atoms with Crippen molar-refractivity contribution in [3.63, 3.8) is 0 Å². The Morgan fingerprint density at radius 1 is 1.41 bits per heavy atom. The molecule has 122 valence electrons. The van der Waals surface area contributed by atoms with Crippen LogP contribution < -0.4 is 5.32 Å².